The first-order valence-corrected chi connectivity index (χ1v) is 6.19. The Morgan fingerprint density at radius 1 is 1.00 bits per heavy atom. The molecule has 0 aliphatic rings. The van der Waals surface area contributed by atoms with E-state index in [0.717, 1.165) is 11.2 Å². The minimum atomic E-state index is -0.309. The van der Waals surface area contributed by atoms with Crippen molar-refractivity contribution in [1.29, 1.82) is 0 Å². The molecule has 6 nitrogen and oxygen atoms in total. The van der Waals surface area contributed by atoms with Crippen LogP contribution < -0.4 is 0 Å². The van der Waals surface area contributed by atoms with Crippen LogP contribution in [0.5, 0.6) is 0 Å². The third-order valence-electron chi connectivity index (χ3n) is 3.07. The summed E-state index contributed by atoms with van der Waals surface area (Å²) in [6.07, 6.45) is 3.41. The van der Waals surface area contributed by atoms with Gasteiger partial charge in [0.25, 0.3) is 5.89 Å². The van der Waals surface area contributed by atoms with Crippen LogP contribution in [0, 0.1) is 5.82 Å². The van der Waals surface area contributed by atoms with Crippen molar-refractivity contribution in [3.05, 3.63) is 54.7 Å². The summed E-state index contributed by atoms with van der Waals surface area (Å²) in [6, 6.07) is 9.54. The lowest BCUT2D eigenvalue weighted by Gasteiger charge is -1.95. The second-order valence-corrected chi connectivity index (χ2v) is 4.44. The number of fused-ring (bicyclic) bond motifs is 1. The highest BCUT2D eigenvalue weighted by Crippen LogP contribution is 2.22. The van der Waals surface area contributed by atoms with Crippen LogP contribution in [0.4, 0.5) is 4.39 Å². The van der Waals surface area contributed by atoms with Gasteiger partial charge < -0.3 is 4.52 Å². The number of benzene rings is 1. The Kier molecular flexibility index (Phi) is 2.50. The molecule has 0 fully saturated rings. The number of halogens is 1. The van der Waals surface area contributed by atoms with Gasteiger partial charge >= 0.3 is 0 Å². The van der Waals surface area contributed by atoms with E-state index in [-0.39, 0.29) is 5.82 Å². The summed E-state index contributed by atoms with van der Waals surface area (Å²) in [7, 11) is 0. The van der Waals surface area contributed by atoms with E-state index in [9.17, 15) is 4.39 Å². The Labute approximate surface area is 117 Å². The van der Waals surface area contributed by atoms with E-state index >= 15 is 0 Å². The van der Waals surface area contributed by atoms with Crippen LogP contribution in [0.15, 0.2) is 53.4 Å². The molecule has 4 rings (SSSR count). The summed E-state index contributed by atoms with van der Waals surface area (Å²) in [5.74, 6) is 0.482. The van der Waals surface area contributed by atoms with Gasteiger partial charge in [-0.05, 0) is 36.4 Å². The lowest BCUT2D eigenvalue weighted by Crippen LogP contribution is -1.87. The number of pyridine rings is 1. The normalized spacial score (nSPS) is 11.1. The standard InChI is InChI=1S/C14H8FN5O/c15-11-4-1-9(2-5-11)14-17-13(19-21-14)10-3-6-12-18-16-8-20(12)7-10/h1-8H. The van der Waals surface area contributed by atoms with Crippen LogP contribution in [0.1, 0.15) is 0 Å². The smallest absolute Gasteiger partial charge is 0.258 e. The van der Waals surface area contributed by atoms with E-state index in [2.05, 4.69) is 20.3 Å². The molecule has 0 unspecified atom stereocenters. The van der Waals surface area contributed by atoms with Gasteiger partial charge in [0.1, 0.15) is 12.1 Å². The number of hydrogen-bond donors (Lipinski definition) is 0. The molecule has 0 amide bonds. The SMILES string of the molecule is Fc1ccc(-c2nc(-c3ccc4nncn4c3)no2)cc1. The monoisotopic (exact) mass is 281 g/mol. The van der Waals surface area contributed by atoms with Crippen LogP contribution in [-0.4, -0.2) is 24.7 Å². The lowest BCUT2D eigenvalue weighted by atomic mass is 10.2. The molecule has 7 heteroatoms. The molecule has 0 aliphatic carbocycles. The molecule has 0 spiro atoms. The number of nitrogens with zero attached hydrogens (tertiary/aromatic N) is 5. The highest BCUT2D eigenvalue weighted by Gasteiger charge is 2.11. The molecule has 0 saturated heterocycles. The van der Waals surface area contributed by atoms with Gasteiger partial charge in [-0.2, -0.15) is 4.98 Å². The third-order valence-corrected chi connectivity index (χ3v) is 3.07. The van der Waals surface area contributed by atoms with Crippen LogP contribution in [-0.2, 0) is 0 Å². The zero-order valence-electron chi connectivity index (χ0n) is 10.6. The predicted molar refractivity (Wildman–Crippen MR) is 71.7 cm³/mol. The van der Waals surface area contributed by atoms with Crippen LogP contribution in [0.2, 0.25) is 0 Å². The maximum atomic E-state index is 12.9. The summed E-state index contributed by atoms with van der Waals surface area (Å²) in [5.41, 5.74) is 2.18. The molecule has 21 heavy (non-hydrogen) atoms. The molecular weight excluding hydrogens is 273 g/mol. The Morgan fingerprint density at radius 3 is 2.67 bits per heavy atom. The van der Waals surface area contributed by atoms with Crippen molar-refractivity contribution < 1.29 is 8.91 Å². The van der Waals surface area contributed by atoms with E-state index in [1.807, 2.05) is 18.3 Å². The first kappa shape index (κ1) is 11.7. The molecule has 0 atom stereocenters. The van der Waals surface area contributed by atoms with Crippen molar-refractivity contribution in [3.8, 4) is 22.8 Å². The molecule has 0 saturated carbocycles. The molecule has 102 valence electrons. The third kappa shape index (κ3) is 2.04. The van der Waals surface area contributed by atoms with Crippen molar-refractivity contribution in [2.75, 3.05) is 0 Å². The second-order valence-electron chi connectivity index (χ2n) is 4.44. The van der Waals surface area contributed by atoms with Crippen molar-refractivity contribution in [2.45, 2.75) is 0 Å². The van der Waals surface area contributed by atoms with Gasteiger partial charge in [0.2, 0.25) is 5.82 Å². The van der Waals surface area contributed by atoms with Crippen molar-refractivity contribution in [2.24, 2.45) is 0 Å². The Morgan fingerprint density at radius 2 is 1.81 bits per heavy atom. The molecule has 0 radical (unpaired) electrons. The Balaban J connectivity index is 1.74. The van der Waals surface area contributed by atoms with Gasteiger partial charge in [0, 0.05) is 17.3 Å². The van der Waals surface area contributed by atoms with Gasteiger partial charge in [-0.3, -0.25) is 4.40 Å². The minimum Gasteiger partial charge on any atom is -0.334 e. The van der Waals surface area contributed by atoms with Gasteiger partial charge in [-0.15, -0.1) is 10.2 Å². The molecule has 1 aromatic carbocycles. The second kappa shape index (κ2) is 4.48. The molecule has 0 aliphatic heterocycles. The Hall–Kier alpha value is -3.09. The van der Waals surface area contributed by atoms with Crippen molar-refractivity contribution >= 4 is 5.65 Å². The summed E-state index contributed by atoms with van der Waals surface area (Å²) < 4.78 is 19.9. The van der Waals surface area contributed by atoms with Gasteiger partial charge in [0.15, 0.2) is 5.65 Å². The minimum absolute atomic E-state index is 0.309. The topological polar surface area (TPSA) is 69.1 Å². The summed E-state index contributed by atoms with van der Waals surface area (Å²) >= 11 is 0. The van der Waals surface area contributed by atoms with E-state index in [0.29, 0.717) is 17.3 Å². The maximum Gasteiger partial charge on any atom is 0.258 e. The molecule has 0 N–H and O–H groups in total. The fourth-order valence-corrected chi connectivity index (χ4v) is 2.01. The van der Waals surface area contributed by atoms with E-state index in [1.165, 1.54) is 12.1 Å². The highest BCUT2D eigenvalue weighted by molar-refractivity contribution is 5.60. The Bertz CT molecular complexity index is 912. The van der Waals surface area contributed by atoms with Gasteiger partial charge in [-0.1, -0.05) is 5.16 Å². The van der Waals surface area contributed by atoms with Crippen molar-refractivity contribution in [3.63, 3.8) is 0 Å². The molecule has 3 aromatic heterocycles. The molecular formula is C14H8FN5O. The number of aromatic nitrogens is 5. The van der Waals surface area contributed by atoms with Crippen LogP contribution in [0.3, 0.4) is 0 Å². The average molecular weight is 281 g/mol. The summed E-state index contributed by atoms with van der Waals surface area (Å²) in [4.78, 5) is 4.32. The highest BCUT2D eigenvalue weighted by atomic mass is 19.1. The molecule has 0 bridgehead atoms. The first-order valence-electron chi connectivity index (χ1n) is 6.19. The zero-order valence-corrected chi connectivity index (χ0v) is 10.6. The lowest BCUT2D eigenvalue weighted by molar-refractivity contribution is 0.432. The fourth-order valence-electron chi connectivity index (χ4n) is 2.01. The van der Waals surface area contributed by atoms with E-state index in [1.54, 1.807) is 22.9 Å². The number of hydrogen-bond acceptors (Lipinski definition) is 5. The van der Waals surface area contributed by atoms with Crippen LogP contribution in [0.25, 0.3) is 28.5 Å². The fraction of sp³-hybridized carbons (Fsp3) is 0. The van der Waals surface area contributed by atoms with Gasteiger partial charge in [0.05, 0.1) is 0 Å². The molecule has 4 aromatic rings. The van der Waals surface area contributed by atoms with Crippen LogP contribution >= 0.6 is 0 Å². The van der Waals surface area contributed by atoms with Gasteiger partial charge in [-0.25, -0.2) is 4.39 Å². The maximum absolute atomic E-state index is 12.9. The molecule has 3 heterocycles. The summed E-state index contributed by atoms with van der Waals surface area (Å²) in [6.45, 7) is 0. The quantitative estimate of drug-likeness (QED) is 0.565. The van der Waals surface area contributed by atoms with E-state index in [4.69, 9.17) is 4.52 Å². The zero-order chi connectivity index (χ0) is 14.2. The largest absolute Gasteiger partial charge is 0.334 e. The first-order chi connectivity index (χ1) is 10.3. The average Bonchev–Trinajstić information content (AvgIpc) is 3.16. The van der Waals surface area contributed by atoms with E-state index < -0.39 is 0 Å². The summed E-state index contributed by atoms with van der Waals surface area (Å²) in [5, 5.41) is 11.7. The number of rotatable bonds is 2. The predicted octanol–water partition coefficient (Wildman–Crippen LogP) is 2.59. The van der Waals surface area contributed by atoms with Crippen molar-refractivity contribution in [1.82, 2.24) is 24.7 Å².